The van der Waals surface area contributed by atoms with Gasteiger partial charge in [-0.05, 0) is 79.8 Å². The maximum Gasteiger partial charge on any atom is 0.257 e. The number of aromatic nitrogens is 2. The Balaban J connectivity index is 0.899. The third-order valence-electron chi connectivity index (χ3n) is 11.6. The Hall–Kier alpha value is -6.00. The molecule has 3 N–H and O–H groups in total. The molecule has 4 heterocycles. The molecule has 5 aromatic rings. The van der Waals surface area contributed by atoms with Crippen LogP contribution in [0, 0.1) is 30.5 Å². The molecule has 2 saturated heterocycles. The zero-order valence-corrected chi connectivity index (χ0v) is 34.9. The molecule has 8 rings (SSSR count). The number of hydrogen-bond acceptors (Lipinski definition) is 10. The minimum atomic E-state index is -0.455. The lowest BCUT2D eigenvalue weighted by atomic mass is 9.94. The van der Waals surface area contributed by atoms with Gasteiger partial charge in [-0.25, -0.2) is 14.4 Å². The summed E-state index contributed by atoms with van der Waals surface area (Å²) in [5.74, 6) is 7.39. The van der Waals surface area contributed by atoms with Crippen LogP contribution >= 0.6 is 11.6 Å². The van der Waals surface area contributed by atoms with Gasteiger partial charge in [0.25, 0.3) is 5.91 Å². The van der Waals surface area contributed by atoms with Gasteiger partial charge < -0.3 is 30.3 Å². The van der Waals surface area contributed by atoms with E-state index in [0.29, 0.717) is 76.2 Å². The summed E-state index contributed by atoms with van der Waals surface area (Å²) in [5.41, 5.74) is 13.6. The predicted octanol–water partition coefficient (Wildman–Crippen LogP) is 7.34. The molecule has 0 atom stereocenters. The number of carbonyl (C=O) groups is 1. The topological polar surface area (TPSA) is 121 Å². The van der Waals surface area contributed by atoms with Crippen LogP contribution in [0.2, 0.25) is 5.02 Å². The quantitative estimate of drug-likeness (QED) is 0.147. The maximum atomic E-state index is 15.3. The molecule has 0 bridgehead atoms. The number of amides is 1. The largest absolute Gasteiger partial charge is 0.496 e. The number of methoxy groups -OCH3 is 2. The summed E-state index contributed by atoms with van der Waals surface area (Å²) in [6.07, 6.45) is 3.63. The highest BCUT2D eigenvalue weighted by molar-refractivity contribution is 6.31. The molecule has 3 aliphatic rings. The van der Waals surface area contributed by atoms with Crippen molar-refractivity contribution in [3.05, 3.63) is 123 Å². The van der Waals surface area contributed by atoms with Gasteiger partial charge >= 0.3 is 0 Å². The fourth-order valence-corrected chi connectivity index (χ4v) is 8.48. The maximum absolute atomic E-state index is 15.3. The predicted molar refractivity (Wildman–Crippen MR) is 235 cm³/mol. The number of piperidine rings is 1. The fourth-order valence-electron chi connectivity index (χ4n) is 8.31. The summed E-state index contributed by atoms with van der Waals surface area (Å²) in [4.78, 5) is 35.1. The molecule has 2 fully saturated rings. The van der Waals surface area contributed by atoms with E-state index in [0.717, 1.165) is 62.3 Å². The summed E-state index contributed by atoms with van der Waals surface area (Å²) in [7, 11) is 3.07. The highest BCUT2D eigenvalue weighted by atomic mass is 35.5. The molecule has 0 saturated carbocycles. The monoisotopic (exact) mass is 826 g/mol. The molecule has 13 heteroatoms. The van der Waals surface area contributed by atoms with E-state index in [4.69, 9.17) is 36.8 Å². The van der Waals surface area contributed by atoms with E-state index in [2.05, 4.69) is 57.1 Å². The second-order valence-corrected chi connectivity index (χ2v) is 15.7. The van der Waals surface area contributed by atoms with Gasteiger partial charge in [0, 0.05) is 96.7 Å². The molecule has 0 unspecified atom stereocenters. The van der Waals surface area contributed by atoms with E-state index >= 15 is 4.39 Å². The molecule has 3 aliphatic heterocycles. The average molecular weight is 827 g/mol. The Morgan fingerprint density at radius 1 is 0.950 bits per heavy atom. The molecule has 0 spiro atoms. The van der Waals surface area contributed by atoms with Gasteiger partial charge in [0.2, 0.25) is 5.95 Å². The first kappa shape index (κ1) is 40.8. The van der Waals surface area contributed by atoms with E-state index < -0.39 is 5.82 Å². The number of piperazine rings is 1. The van der Waals surface area contributed by atoms with Gasteiger partial charge in [0.15, 0.2) is 0 Å². The number of likely N-dealkylation sites (tertiary alicyclic amines) is 1. The fraction of sp³-hybridized carbons (Fsp3) is 0.319. The highest BCUT2D eigenvalue weighted by Gasteiger charge is 2.29. The lowest BCUT2D eigenvalue weighted by Gasteiger charge is -2.39. The Labute approximate surface area is 355 Å². The van der Waals surface area contributed by atoms with Crippen molar-refractivity contribution in [3.8, 4) is 34.6 Å². The van der Waals surface area contributed by atoms with Crippen LogP contribution in [0.15, 0.2) is 84.0 Å². The number of aliphatic imine (C=N–C) groups is 1. The van der Waals surface area contributed by atoms with Gasteiger partial charge in [0.1, 0.15) is 17.3 Å². The van der Waals surface area contributed by atoms with Crippen LogP contribution in [0.5, 0.6) is 11.5 Å². The van der Waals surface area contributed by atoms with Crippen molar-refractivity contribution in [1.82, 2.24) is 19.8 Å². The number of nitrogens with zero attached hydrogens (tertiary/aromatic N) is 6. The summed E-state index contributed by atoms with van der Waals surface area (Å²) in [6, 6.07) is 22.0. The van der Waals surface area contributed by atoms with Crippen molar-refractivity contribution in [1.29, 1.82) is 0 Å². The summed E-state index contributed by atoms with van der Waals surface area (Å²) in [6.45, 7) is 9.06. The molecule has 4 aromatic carbocycles. The van der Waals surface area contributed by atoms with Crippen LogP contribution in [0.4, 0.5) is 21.7 Å². The minimum Gasteiger partial charge on any atom is -0.496 e. The van der Waals surface area contributed by atoms with Crippen molar-refractivity contribution in [2.24, 2.45) is 16.6 Å². The third kappa shape index (κ3) is 8.66. The first-order valence-electron chi connectivity index (χ1n) is 20.3. The number of fused-ring (bicyclic) bond motifs is 3. The van der Waals surface area contributed by atoms with E-state index in [9.17, 15) is 4.79 Å². The van der Waals surface area contributed by atoms with Crippen LogP contribution in [0.3, 0.4) is 0 Å². The van der Waals surface area contributed by atoms with Crippen molar-refractivity contribution in [3.63, 3.8) is 0 Å². The number of halogens is 2. The zero-order chi connectivity index (χ0) is 41.8. The third-order valence-corrected chi connectivity index (χ3v) is 11.8. The molecule has 1 aromatic heterocycles. The smallest absolute Gasteiger partial charge is 0.257 e. The number of carbonyl (C=O) groups excluding carboxylic acids is 1. The van der Waals surface area contributed by atoms with Crippen molar-refractivity contribution in [2.75, 3.05) is 76.8 Å². The molecule has 1 amide bonds. The standard InChI is InChI=1S/C47H48ClFN8O3/c1-30-9-12-36(24-32(30)6-5-17-50)56-22-20-55(21-23-56)29-31-15-18-57(19-16-31)46(58)38-14-11-35(26-42(38)60-3)53-47-52-28-33-27-51-45(43-40(49)7-4-8-41(43)59-2)39-25-34(48)10-13-37(39)44(33)54-47/h4,7-14,24-26,28,31H,15-23,27,29,50H2,1-3H3,(H,52,53,54). The Morgan fingerprint density at radius 2 is 1.75 bits per heavy atom. The number of aryl methyl sites for hydroxylation is 1. The van der Waals surface area contributed by atoms with E-state index in [1.54, 1.807) is 49.7 Å². The van der Waals surface area contributed by atoms with E-state index in [-0.39, 0.29) is 18.0 Å². The number of hydrogen-bond donors (Lipinski definition) is 2. The first-order valence-corrected chi connectivity index (χ1v) is 20.7. The van der Waals surface area contributed by atoms with Crippen LogP contribution in [-0.4, -0.2) is 98.0 Å². The van der Waals surface area contributed by atoms with Gasteiger partial charge in [0.05, 0.1) is 49.8 Å². The van der Waals surface area contributed by atoms with Gasteiger partial charge in [-0.1, -0.05) is 41.6 Å². The van der Waals surface area contributed by atoms with E-state index in [1.165, 1.54) is 24.4 Å². The second kappa shape index (κ2) is 18.1. The summed E-state index contributed by atoms with van der Waals surface area (Å²) in [5, 5.41) is 3.77. The zero-order valence-electron chi connectivity index (χ0n) is 34.1. The van der Waals surface area contributed by atoms with Gasteiger partial charge in [-0.3, -0.25) is 14.7 Å². The lowest BCUT2D eigenvalue weighted by molar-refractivity contribution is 0.0662. The number of anilines is 3. The molecule has 0 radical (unpaired) electrons. The summed E-state index contributed by atoms with van der Waals surface area (Å²) >= 11 is 6.48. The Bertz CT molecular complexity index is 2500. The van der Waals surface area contributed by atoms with Crippen LogP contribution in [-0.2, 0) is 6.54 Å². The molecular weight excluding hydrogens is 779 g/mol. The SMILES string of the molecule is COc1cc(Nc2ncc3c(n2)-c2ccc(Cl)cc2C(c2c(F)cccc2OC)=NC3)ccc1C(=O)N1CCC(CN2CCN(c3ccc(C)c(C#CCN)c3)CC2)CC1. The number of rotatable bonds is 9. The molecule has 60 heavy (non-hydrogen) atoms. The van der Waals surface area contributed by atoms with Crippen LogP contribution < -0.4 is 25.4 Å². The Kier molecular flexibility index (Phi) is 12.3. The molecule has 11 nitrogen and oxygen atoms in total. The van der Waals surface area contributed by atoms with Crippen molar-refractivity contribution in [2.45, 2.75) is 26.3 Å². The average Bonchev–Trinajstić information content (AvgIpc) is 3.42. The van der Waals surface area contributed by atoms with Gasteiger partial charge in [-0.15, -0.1) is 0 Å². The van der Waals surface area contributed by atoms with Crippen molar-refractivity contribution >= 4 is 40.5 Å². The van der Waals surface area contributed by atoms with Crippen LogP contribution in [0.1, 0.15) is 51.0 Å². The highest BCUT2D eigenvalue weighted by Crippen LogP contribution is 2.37. The van der Waals surface area contributed by atoms with Gasteiger partial charge in [-0.2, -0.15) is 0 Å². The second-order valence-electron chi connectivity index (χ2n) is 15.3. The Morgan fingerprint density at radius 3 is 2.52 bits per heavy atom. The molecule has 308 valence electrons. The minimum absolute atomic E-state index is 0.0436. The van der Waals surface area contributed by atoms with E-state index in [1.807, 2.05) is 17.0 Å². The first-order chi connectivity index (χ1) is 29.2. The normalized spacial score (nSPS) is 15.5. The number of ether oxygens (including phenoxy) is 2. The number of benzene rings is 4. The molecule has 0 aliphatic carbocycles. The van der Waals surface area contributed by atoms with Crippen molar-refractivity contribution < 1.29 is 18.7 Å². The molecular formula is C47H48ClFN8O3. The summed E-state index contributed by atoms with van der Waals surface area (Å²) < 4.78 is 26.6. The lowest BCUT2D eigenvalue weighted by Crippen LogP contribution is -2.49. The number of nitrogens with two attached hydrogens (primary N) is 1. The number of nitrogens with one attached hydrogen (secondary N) is 1. The van der Waals surface area contributed by atoms with Crippen LogP contribution in [0.25, 0.3) is 11.3 Å².